The summed E-state index contributed by atoms with van der Waals surface area (Å²) in [5.41, 5.74) is 5.84. The maximum atomic E-state index is 12.3. The smallest absolute Gasteiger partial charge is 0.410 e. The summed E-state index contributed by atoms with van der Waals surface area (Å²) in [6.45, 7) is 6.48. The molecule has 5 heteroatoms. The van der Waals surface area contributed by atoms with Crippen molar-refractivity contribution in [2.45, 2.75) is 62.6 Å². The molecule has 4 nitrogen and oxygen atoms in total. The zero-order valence-electron chi connectivity index (χ0n) is 14.3. The van der Waals surface area contributed by atoms with Crippen LogP contribution >= 0.6 is 11.8 Å². The molecule has 1 aliphatic heterocycles. The van der Waals surface area contributed by atoms with E-state index in [2.05, 4.69) is 12.1 Å². The highest BCUT2D eigenvalue weighted by Crippen LogP contribution is 2.25. The van der Waals surface area contributed by atoms with Gasteiger partial charge in [0.2, 0.25) is 0 Å². The Morgan fingerprint density at radius 3 is 2.74 bits per heavy atom. The van der Waals surface area contributed by atoms with Gasteiger partial charge < -0.3 is 15.4 Å². The molecule has 1 aromatic carbocycles. The molecule has 1 amide bonds. The van der Waals surface area contributed by atoms with E-state index in [1.165, 1.54) is 4.90 Å². The molecule has 23 heavy (non-hydrogen) atoms. The molecule has 0 aliphatic carbocycles. The quantitative estimate of drug-likeness (QED) is 0.829. The van der Waals surface area contributed by atoms with Crippen molar-refractivity contribution in [2.24, 2.45) is 5.73 Å². The molecule has 0 spiro atoms. The van der Waals surface area contributed by atoms with Gasteiger partial charge in [-0.15, -0.1) is 11.8 Å². The van der Waals surface area contributed by atoms with E-state index >= 15 is 0 Å². The van der Waals surface area contributed by atoms with Crippen LogP contribution in [0.25, 0.3) is 0 Å². The summed E-state index contributed by atoms with van der Waals surface area (Å²) >= 11 is 1.77. The molecule has 0 aromatic heterocycles. The van der Waals surface area contributed by atoms with Crippen molar-refractivity contribution in [3.63, 3.8) is 0 Å². The Hall–Kier alpha value is -1.20. The molecule has 2 rings (SSSR count). The standard InChI is InChI=1S/C18H28N2O2S/c1-18(2,3)22-17(21)20-11-7-8-15(20)12-14(19)13-23-16-9-5-4-6-10-16/h4-6,9-10,14-15H,7-8,11-13,19H2,1-3H3/t14?,15-/m0/s1. The second kappa shape index (κ2) is 8.06. The predicted octanol–water partition coefficient (Wildman–Crippen LogP) is 3.90. The van der Waals surface area contributed by atoms with Gasteiger partial charge in [0.15, 0.2) is 0 Å². The maximum absolute atomic E-state index is 12.3. The van der Waals surface area contributed by atoms with Gasteiger partial charge in [-0.25, -0.2) is 4.79 Å². The van der Waals surface area contributed by atoms with Crippen molar-refractivity contribution in [1.82, 2.24) is 4.90 Å². The summed E-state index contributed by atoms with van der Waals surface area (Å²) in [5, 5.41) is 0. The summed E-state index contributed by atoms with van der Waals surface area (Å²) in [4.78, 5) is 15.4. The van der Waals surface area contributed by atoms with E-state index in [-0.39, 0.29) is 18.2 Å². The average molecular weight is 337 g/mol. The molecule has 0 saturated carbocycles. The number of carbonyl (C=O) groups excluding carboxylic acids is 1. The highest BCUT2D eigenvalue weighted by molar-refractivity contribution is 7.99. The Morgan fingerprint density at radius 2 is 2.09 bits per heavy atom. The van der Waals surface area contributed by atoms with Crippen LogP contribution in [0.2, 0.25) is 0 Å². The predicted molar refractivity (Wildman–Crippen MR) is 95.7 cm³/mol. The Morgan fingerprint density at radius 1 is 1.39 bits per heavy atom. The van der Waals surface area contributed by atoms with Gasteiger partial charge in [-0.2, -0.15) is 0 Å². The molecule has 1 aromatic rings. The van der Waals surface area contributed by atoms with E-state index in [0.717, 1.165) is 31.6 Å². The zero-order valence-corrected chi connectivity index (χ0v) is 15.1. The molecule has 1 aliphatic rings. The van der Waals surface area contributed by atoms with E-state index in [1.807, 2.05) is 43.9 Å². The average Bonchev–Trinajstić information content (AvgIpc) is 2.93. The number of amides is 1. The van der Waals surface area contributed by atoms with Crippen LogP contribution in [-0.2, 0) is 4.74 Å². The molecular weight excluding hydrogens is 308 g/mol. The van der Waals surface area contributed by atoms with E-state index in [9.17, 15) is 4.79 Å². The third kappa shape index (κ3) is 6.07. The lowest BCUT2D eigenvalue weighted by Crippen LogP contribution is -2.42. The Bertz CT molecular complexity index is 501. The van der Waals surface area contributed by atoms with Crippen LogP contribution in [0.15, 0.2) is 35.2 Å². The molecule has 0 bridgehead atoms. The minimum absolute atomic E-state index is 0.0771. The largest absolute Gasteiger partial charge is 0.444 e. The molecule has 1 fully saturated rings. The minimum Gasteiger partial charge on any atom is -0.444 e. The van der Waals surface area contributed by atoms with Gasteiger partial charge in [0.1, 0.15) is 5.60 Å². The van der Waals surface area contributed by atoms with Gasteiger partial charge >= 0.3 is 6.09 Å². The van der Waals surface area contributed by atoms with Crippen LogP contribution in [0.5, 0.6) is 0 Å². The second-order valence-electron chi connectivity index (χ2n) is 7.09. The molecule has 1 unspecified atom stereocenters. The fourth-order valence-electron chi connectivity index (χ4n) is 2.78. The molecule has 1 saturated heterocycles. The first kappa shape index (κ1) is 18.1. The van der Waals surface area contributed by atoms with Crippen molar-refractivity contribution in [2.75, 3.05) is 12.3 Å². The number of ether oxygens (including phenoxy) is 1. The number of thioether (sulfide) groups is 1. The number of hydrogen-bond acceptors (Lipinski definition) is 4. The Kier molecular flexibility index (Phi) is 6.36. The number of nitrogens with zero attached hydrogens (tertiary/aromatic N) is 1. The summed E-state index contributed by atoms with van der Waals surface area (Å²) in [6.07, 6.45) is 2.67. The van der Waals surface area contributed by atoms with Gasteiger partial charge in [0, 0.05) is 29.3 Å². The van der Waals surface area contributed by atoms with Crippen LogP contribution in [-0.4, -0.2) is 41.0 Å². The normalized spacial score (nSPS) is 19.7. The van der Waals surface area contributed by atoms with Crippen molar-refractivity contribution in [1.29, 1.82) is 0 Å². The number of carbonyl (C=O) groups is 1. The van der Waals surface area contributed by atoms with Crippen LogP contribution < -0.4 is 5.73 Å². The number of rotatable bonds is 5. The second-order valence-corrected chi connectivity index (χ2v) is 8.18. The Balaban J connectivity index is 1.82. The summed E-state index contributed by atoms with van der Waals surface area (Å²) < 4.78 is 5.50. The molecule has 2 N–H and O–H groups in total. The number of hydrogen-bond donors (Lipinski definition) is 1. The lowest BCUT2D eigenvalue weighted by Gasteiger charge is -2.29. The first-order valence-electron chi connectivity index (χ1n) is 8.28. The summed E-state index contributed by atoms with van der Waals surface area (Å²) in [6, 6.07) is 10.6. The lowest BCUT2D eigenvalue weighted by molar-refractivity contribution is 0.0217. The van der Waals surface area contributed by atoms with Gasteiger partial charge in [0.25, 0.3) is 0 Å². The van der Waals surface area contributed by atoms with Crippen LogP contribution in [0.1, 0.15) is 40.0 Å². The topological polar surface area (TPSA) is 55.6 Å². The Labute approximate surface area is 143 Å². The van der Waals surface area contributed by atoms with Crippen LogP contribution in [0, 0.1) is 0 Å². The van der Waals surface area contributed by atoms with E-state index in [1.54, 1.807) is 11.8 Å². The number of nitrogens with two attached hydrogens (primary N) is 1. The number of likely N-dealkylation sites (tertiary alicyclic amines) is 1. The fraction of sp³-hybridized carbons (Fsp3) is 0.611. The fourth-order valence-corrected chi connectivity index (χ4v) is 3.67. The third-order valence-corrected chi connectivity index (χ3v) is 4.99. The van der Waals surface area contributed by atoms with Crippen LogP contribution in [0.4, 0.5) is 4.79 Å². The molecular formula is C18H28N2O2S. The summed E-state index contributed by atoms with van der Waals surface area (Å²) in [5.74, 6) is 0.864. The zero-order chi connectivity index (χ0) is 16.9. The molecule has 1 heterocycles. The minimum atomic E-state index is -0.449. The third-order valence-electron chi connectivity index (χ3n) is 3.79. The van der Waals surface area contributed by atoms with Crippen molar-refractivity contribution in [3.8, 4) is 0 Å². The van der Waals surface area contributed by atoms with Crippen molar-refractivity contribution >= 4 is 17.9 Å². The van der Waals surface area contributed by atoms with Crippen molar-refractivity contribution < 1.29 is 9.53 Å². The first-order chi connectivity index (χ1) is 10.8. The molecule has 2 atom stereocenters. The van der Waals surface area contributed by atoms with Gasteiger partial charge in [0.05, 0.1) is 0 Å². The van der Waals surface area contributed by atoms with Gasteiger partial charge in [-0.3, -0.25) is 0 Å². The van der Waals surface area contributed by atoms with Gasteiger partial charge in [-0.1, -0.05) is 18.2 Å². The van der Waals surface area contributed by atoms with E-state index in [4.69, 9.17) is 10.5 Å². The van der Waals surface area contributed by atoms with Crippen molar-refractivity contribution in [3.05, 3.63) is 30.3 Å². The molecule has 0 radical (unpaired) electrons. The summed E-state index contributed by atoms with van der Waals surface area (Å²) in [7, 11) is 0. The lowest BCUT2D eigenvalue weighted by atomic mass is 10.1. The van der Waals surface area contributed by atoms with E-state index < -0.39 is 5.60 Å². The maximum Gasteiger partial charge on any atom is 0.410 e. The van der Waals surface area contributed by atoms with E-state index in [0.29, 0.717) is 0 Å². The molecule has 128 valence electrons. The monoisotopic (exact) mass is 336 g/mol. The highest BCUT2D eigenvalue weighted by Gasteiger charge is 2.32. The first-order valence-corrected chi connectivity index (χ1v) is 9.27. The highest BCUT2D eigenvalue weighted by atomic mass is 32.2. The SMILES string of the molecule is CC(C)(C)OC(=O)N1CCC[C@H]1CC(N)CSc1ccccc1. The number of benzene rings is 1. The van der Waals surface area contributed by atoms with Crippen LogP contribution in [0.3, 0.4) is 0 Å². The van der Waals surface area contributed by atoms with Gasteiger partial charge in [-0.05, 0) is 52.2 Å².